The number of nitrogens with one attached hydrogen (secondary N) is 2. The van der Waals surface area contributed by atoms with Crippen LogP contribution in [0.2, 0.25) is 10.0 Å². The Morgan fingerprint density at radius 2 is 1.67 bits per heavy atom. The van der Waals surface area contributed by atoms with Crippen LogP contribution >= 0.6 is 50.9 Å². The number of ether oxygens (including phenoxy) is 3. The van der Waals surface area contributed by atoms with Gasteiger partial charge in [-0.2, -0.15) is 4.98 Å². The predicted octanol–water partition coefficient (Wildman–Crippen LogP) is 9.55. The Hall–Kier alpha value is -4.16. The number of thioether (sulfide) groups is 1. The summed E-state index contributed by atoms with van der Waals surface area (Å²) >= 11 is 18.0. The summed E-state index contributed by atoms with van der Waals surface area (Å²) in [5, 5.41) is 13.0. The zero-order chi connectivity index (χ0) is 34.5. The number of amides is 1. The molecular weight excluding hydrogens is 749 g/mol. The quantitative estimate of drug-likeness (QED) is 0.121. The molecule has 252 valence electrons. The highest BCUT2D eigenvalue weighted by molar-refractivity contribution is 9.10. The lowest BCUT2D eigenvalue weighted by molar-refractivity contribution is -0.113. The average Bonchev–Trinajstić information content (AvgIpc) is 3.50. The van der Waals surface area contributed by atoms with E-state index in [0.29, 0.717) is 72.2 Å². The summed E-state index contributed by atoms with van der Waals surface area (Å²) in [6.07, 6.45) is 0. The van der Waals surface area contributed by atoms with Gasteiger partial charge in [-0.3, -0.25) is 4.79 Å². The Labute approximate surface area is 307 Å². The molecule has 0 bridgehead atoms. The van der Waals surface area contributed by atoms with Crippen LogP contribution in [0.3, 0.4) is 0 Å². The summed E-state index contributed by atoms with van der Waals surface area (Å²) in [7, 11) is 1.56. The van der Waals surface area contributed by atoms with Crippen molar-refractivity contribution in [3.63, 3.8) is 0 Å². The van der Waals surface area contributed by atoms with Gasteiger partial charge < -0.3 is 24.8 Å². The second kappa shape index (κ2) is 15.6. The molecule has 1 atom stereocenters. The third-order valence-electron chi connectivity index (χ3n) is 7.72. The molecule has 2 N–H and O–H groups in total. The highest BCUT2D eigenvalue weighted by atomic mass is 79.9. The molecular formula is C36H32BrCl2N5O4S. The fourth-order valence-corrected chi connectivity index (χ4v) is 7.28. The molecule has 1 unspecified atom stereocenters. The lowest BCUT2D eigenvalue weighted by Crippen LogP contribution is -2.31. The van der Waals surface area contributed by atoms with E-state index < -0.39 is 6.04 Å². The minimum Gasteiger partial charge on any atom is -0.495 e. The molecule has 0 saturated heterocycles. The van der Waals surface area contributed by atoms with Gasteiger partial charge in [-0.25, -0.2) is 4.68 Å². The number of carbonyl (C=O) groups is 1. The topological polar surface area (TPSA) is 99.5 Å². The standard InChI is InChI=1S/C36H32BrCl2N5O4S/c1-4-47-30-18-24(17-25(37)33(30)48-19-22-11-5-7-13-26(22)38)32-31(34(45)41-28-15-9-10-16-29(28)46-3)21(2)40-35-42-36(43-44(32)35)49-20-23-12-6-8-14-27(23)39/h5-18,32H,4,19-20H2,1-3H3,(H,41,45)(H,40,42,43). The van der Waals surface area contributed by atoms with E-state index in [0.717, 1.165) is 16.7 Å². The lowest BCUT2D eigenvalue weighted by Gasteiger charge is -2.29. The SMILES string of the molecule is CCOc1cc(C2C(C(=O)Nc3ccccc3OC)=C(C)Nc3nc(SCc4ccccc4Cl)nn32)cc(Br)c1OCc1ccccc1Cl. The molecule has 0 fully saturated rings. The van der Waals surface area contributed by atoms with E-state index in [-0.39, 0.29) is 12.5 Å². The number of aromatic nitrogens is 3. The Balaban J connectivity index is 1.40. The van der Waals surface area contributed by atoms with E-state index in [1.165, 1.54) is 11.8 Å². The summed E-state index contributed by atoms with van der Waals surface area (Å²) in [6.45, 7) is 4.36. The van der Waals surface area contributed by atoms with Gasteiger partial charge in [0.05, 0.1) is 29.4 Å². The Morgan fingerprint density at radius 1 is 0.980 bits per heavy atom. The molecule has 1 aromatic heterocycles. The molecule has 4 aromatic carbocycles. The minimum absolute atomic E-state index is 0.232. The summed E-state index contributed by atoms with van der Waals surface area (Å²) in [5.74, 6) is 2.27. The van der Waals surface area contributed by atoms with Crippen LogP contribution in [0.1, 0.15) is 36.6 Å². The number of benzene rings is 4. The number of halogens is 3. The van der Waals surface area contributed by atoms with Crippen LogP contribution in [0.5, 0.6) is 17.2 Å². The molecule has 2 heterocycles. The van der Waals surface area contributed by atoms with Gasteiger partial charge in [-0.15, -0.1) is 5.10 Å². The fraction of sp³-hybridized carbons (Fsp3) is 0.194. The van der Waals surface area contributed by atoms with Crippen LogP contribution in [-0.4, -0.2) is 34.4 Å². The van der Waals surface area contributed by atoms with E-state index in [9.17, 15) is 4.79 Å². The number of rotatable bonds is 12. The maximum absolute atomic E-state index is 14.2. The van der Waals surface area contributed by atoms with Crippen LogP contribution in [0.15, 0.2) is 106 Å². The first-order valence-electron chi connectivity index (χ1n) is 15.3. The summed E-state index contributed by atoms with van der Waals surface area (Å²) in [6, 6.07) is 25.5. The van der Waals surface area contributed by atoms with Crippen molar-refractivity contribution in [2.75, 3.05) is 24.4 Å². The molecule has 0 radical (unpaired) electrons. The third-order valence-corrected chi connectivity index (χ3v) is 9.94. The lowest BCUT2D eigenvalue weighted by atomic mass is 9.94. The number of fused-ring (bicyclic) bond motifs is 1. The first-order valence-corrected chi connectivity index (χ1v) is 17.9. The van der Waals surface area contributed by atoms with Crippen molar-refractivity contribution >= 4 is 68.4 Å². The van der Waals surface area contributed by atoms with Crippen LogP contribution in [0.4, 0.5) is 11.6 Å². The van der Waals surface area contributed by atoms with Crippen molar-refractivity contribution in [3.05, 3.63) is 127 Å². The molecule has 9 nitrogen and oxygen atoms in total. The van der Waals surface area contributed by atoms with Crippen molar-refractivity contribution in [3.8, 4) is 17.2 Å². The molecule has 5 aromatic rings. The van der Waals surface area contributed by atoms with Gasteiger partial charge >= 0.3 is 0 Å². The first-order chi connectivity index (χ1) is 23.8. The maximum Gasteiger partial charge on any atom is 0.255 e. The number of hydrogen-bond donors (Lipinski definition) is 2. The molecule has 1 aliphatic heterocycles. The van der Waals surface area contributed by atoms with Gasteiger partial charge in [0.1, 0.15) is 18.4 Å². The average molecular weight is 782 g/mol. The van der Waals surface area contributed by atoms with E-state index >= 15 is 0 Å². The van der Waals surface area contributed by atoms with Gasteiger partial charge in [-0.05, 0) is 77.3 Å². The summed E-state index contributed by atoms with van der Waals surface area (Å²) in [4.78, 5) is 19.0. The molecule has 1 amide bonds. The molecule has 0 aliphatic carbocycles. The van der Waals surface area contributed by atoms with Crippen molar-refractivity contribution in [1.82, 2.24) is 14.8 Å². The van der Waals surface area contributed by atoms with Crippen molar-refractivity contribution in [2.24, 2.45) is 0 Å². The molecule has 1 aliphatic rings. The zero-order valence-electron chi connectivity index (χ0n) is 26.8. The molecule has 6 rings (SSSR count). The van der Waals surface area contributed by atoms with Crippen LogP contribution < -0.4 is 24.8 Å². The number of carbonyl (C=O) groups excluding carboxylic acids is 1. The van der Waals surface area contributed by atoms with E-state index in [1.54, 1.807) is 23.9 Å². The number of anilines is 2. The highest BCUT2D eigenvalue weighted by Crippen LogP contribution is 2.44. The van der Waals surface area contributed by atoms with Gasteiger partial charge in [0.25, 0.3) is 5.91 Å². The molecule has 13 heteroatoms. The smallest absolute Gasteiger partial charge is 0.255 e. The normalized spacial score (nSPS) is 13.8. The summed E-state index contributed by atoms with van der Waals surface area (Å²) < 4.78 is 20.2. The van der Waals surface area contributed by atoms with E-state index in [1.807, 2.05) is 86.6 Å². The van der Waals surface area contributed by atoms with Crippen molar-refractivity contribution in [2.45, 2.75) is 37.4 Å². The zero-order valence-corrected chi connectivity index (χ0v) is 30.7. The first kappa shape index (κ1) is 34.7. The Kier molecular flexibility index (Phi) is 11.0. The third kappa shape index (κ3) is 7.70. The Bertz CT molecular complexity index is 2040. The number of para-hydroxylation sites is 2. The predicted molar refractivity (Wildman–Crippen MR) is 198 cm³/mol. The number of hydrogen-bond acceptors (Lipinski definition) is 8. The van der Waals surface area contributed by atoms with Gasteiger partial charge in [0.2, 0.25) is 11.1 Å². The maximum atomic E-state index is 14.2. The van der Waals surface area contributed by atoms with Crippen molar-refractivity contribution < 1.29 is 19.0 Å². The van der Waals surface area contributed by atoms with Crippen LogP contribution in [-0.2, 0) is 17.2 Å². The number of allylic oxidation sites excluding steroid dienone is 1. The molecule has 0 saturated carbocycles. The fourth-order valence-electron chi connectivity index (χ4n) is 5.40. The van der Waals surface area contributed by atoms with Gasteiger partial charge in [0.15, 0.2) is 11.5 Å². The van der Waals surface area contributed by atoms with E-state index in [4.69, 9.17) is 47.5 Å². The molecule has 0 spiro atoms. The van der Waals surface area contributed by atoms with Gasteiger partial charge in [-0.1, -0.05) is 83.5 Å². The van der Waals surface area contributed by atoms with E-state index in [2.05, 4.69) is 26.6 Å². The van der Waals surface area contributed by atoms with Crippen LogP contribution in [0, 0.1) is 0 Å². The Morgan fingerprint density at radius 3 is 2.39 bits per heavy atom. The van der Waals surface area contributed by atoms with Crippen LogP contribution in [0.25, 0.3) is 0 Å². The number of methoxy groups -OCH3 is 1. The number of nitrogens with zero attached hydrogens (tertiary/aromatic N) is 3. The summed E-state index contributed by atoms with van der Waals surface area (Å²) in [5.41, 5.74) is 4.12. The highest BCUT2D eigenvalue weighted by Gasteiger charge is 2.36. The second-order valence-corrected chi connectivity index (χ2v) is 13.5. The largest absolute Gasteiger partial charge is 0.495 e. The molecule has 49 heavy (non-hydrogen) atoms. The monoisotopic (exact) mass is 779 g/mol. The second-order valence-electron chi connectivity index (χ2n) is 10.9. The van der Waals surface area contributed by atoms with Crippen molar-refractivity contribution in [1.29, 1.82) is 0 Å². The van der Waals surface area contributed by atoms with Gasteiger partial charge in [0, 0.05) is 27.1 Å². The minimum atomic E-state index is -0.693.